The molecule has 0 saturated carbocycles. The van der Waals surface area contributed by atoms with E-state index in [4.69, 9.17) is 14.2 Å². The van der Waals surface area contributed by atoms with Gasteiger partial charge in [0, 0.05) is 30.7 Å². The molecule has 2 aliphatic rings. The molecule has 4 rings (SSSR count). The first-order chi connectivity index (χ1) is 17.9. The van der Waals surface area contributed by atoms with Crippen molar-refractivity contribution in [2.45, 2.75) is 25.9 Å². The maximum atomic E-state index is 13.2. The van der Waals surface area contributed by atoms with E-state index in [1.54, 1.807) is 39.6 Å². The molecule has 0 saturated heterocycles. The van der Waals surface area contributed by atoms with E-state index in [1.165, 1.54) is 17.8 Å². The second-order valence-corrected chi connectivity index (χ2v) is 9.08. The molecule has 0 unspecified atom stereocenters. The molecule has 1 aromatic heterocycles. The van der Waals surface area contributed by atoms with Crippen LogP contribution in [0, 0.1) is 0 Å². The number of thioether (sulfide) groups is 1. The predicted octanol–water partition coefficient (Wildman–Crippen LogP) is 4.11. The Balaban J connectivity index is 1.68. The number of amides is 1. The van der Waals surface area contributed by atoms with Gasteiger partial charge in [0.25, 0.3) is 0 Å². The summed E-state index contributed by atoms with van der Waals surface area (Å²) in [5, 5.41) is 5.49. The van der Waals surface area contributed by atoms with E-state index in [9.17, 15) is 9.59 Å². The van der Waals surface area contributed by atoms with Gasteiger partial charge in [-0.2, -0.15) is 0 Å². The first-order valence-electron chi connectivity index (χ1n) is 11.6. The Morgan fingerprint density at radius 3 is 2.62 bits per heavy atom. The summed E-state index contributed by atoms with van der Waals surface area (Å²) in [7, 11) is 3.13. The van der Waals surface area contributed by atoms with Crippen LogP contribution in [0.3, 0.4) is 0 Å². The number of nitrogens with one attached hydrogen (secondary N) is 1. The Labute approximate surface area is 219 Å². The lowest BCUT2D eigenvalue weighted by Gasteiger charge is -2.36. The average molecular weight is 521 g/mol. The van der Waals surface area contributed by atoms with Crippen molar-refractivity contribution in [3.05, 3.63) is 88.9 Å². The van der Waals surface area contributed by atoms with Crippen LogP contribution in [0.4, 0.5) is 0 Å². The zero-order valence-corrected chi connectivity index (χ0v) is 21.7. The SMILES string of the molecule is C=CCOC(=O)C1=C(C)N=C2SC=C(CC(=O)NCc3cccnc3)N2[C@@H]1c1cc(OC)cc(OC)c1. The molecule has 10 heteroatoms. The monoisotopic (exact) mass is 520 g/mol. The number of hydrogen-bond acceptors (Lipinski definition) is 9. The minimum Gasteiger partial charge on any atom is -0.497 e. The van der Waals surface area contributed by atoms with Crippen molar-refractivity contribution in [1.29, 1.82) is 0 Å². The van der Waals surface area contributed by atoms with Gasteiger partial charge in [-0.05, 0) is 41.7 Å². The fourth-order valence-electron chi connectivity index (χ4n) is 4.08. The van der Waals surface area contributed by atoms with Crippen molar-refractivity contribution in [3.8, 4) is 11.5 Å². The van der Waals surface area contributed by atoms with Gasteiger partial charge in [-0.1, -0.05) is 30.5 Å². The normalized spacial score (nSPS) is 16.4. The number of benzene rings is 1. The molecular weight excluding hydrogens is 492 g/mol. The molecule has 192 valence electrons. The second kappa shape index (κ2) is 11.8. The van der Waals surface area contributed by atoms with Crippen molar-refractivity contribution in [3.63, 3.8) is 0 Å². The van der Waals surface area contributed by atoms with Crippen LogP contribution in [0.2, 0.25) is 0 Å². The highest BCUT2D eigenvalue weighted by Gasteiger charge is 2.41. The molecule has 1 amide bonds. The third-order valence-electron chi connectivity index (χ3n) is 5.80. The number of carbonyl (C=O) groups is 2. The molecule has 0 bridgehead atoms. The second-order valence-electron chi connectivity index (χ2n) is 8.24. The summed E-state index contributed by atoms with van der Waals surface area (Å²) in [5.74, 6) is 0.466. The number of aromatic nitrogens is 1. The highest BCUT2D eigenvalue weighted by Crippen LogP contribution is 2.46. The highest BCUT2D eigenvalue weighted by molar-refractivity contribution is 8.16. The molecule has 0 fully saturated rings. The van der Waals surface area contributed by atoms with Gasteiger partial charge in [0.05, 0.1) is 38.0 Å². The number of nitrogens with zero attached hydrogens (tertiary/aromatic N) is 3. The van der Waals surface area contributed by atoms with Gasteiger partial charge in [0.15, 0.2) is 5.17 Å². The van der Waals surface area contributed by atoms with Gasteiger partial charge in [-0.3, -0.25) is 9.78 Å². The molecule has 3 heterocycles. The number of methoxy groups -OCH3 is 2. The van der Waals surface area contributed by atoms with Crippen molar-refractivity contribution in [2.24, 2.45) is 4.99 Å². The summed E-state index contributed by atoms with van der Waals surface area (Å²) in [6.45, 7) is 5.84. The Morgan fingerprint density at radius 1 is 1.22 bits per heavy atom. The first kappa shape index (κ1) is 26.0. The van der Waals surface area contributed by atoms with Crippen LogP contribution in [0.1, 0.15) is 30.5 Å². The van der Waals surface area contributed by atoms with Crippen LogP contribution in [0.25, 0.3) is 0 Å². The standard InChI is InChI=1S/C27H28N4O5S/c1-5-9-36-26(33)24-17(2)30-27-31(25(24)19-10-21(34-3)13-22(11-19)35-4)20(16-37-27)12-23(32)29-15-18-7-6-8-28-14-18/h5-8,10-11,13-14,16,25H,1,9,12,15H2,2-4H3,(H,29,32)/t25-/m1/s1. The lowest BCUT2D eigenvalue weighted by atomic mass is 9.93. The summed E-state index contributed by atoms with van der Waals surface area (Å²) in [5.41, 5.74) is 3.25. The van der Waals surface area contributed by atoms with Crippen LogP contribution in [-0.2, 0) is 20.9 Å². The van der Waals surface area contributed by atoms with Gasteiger partial charge in [-0.15, -0.1) is 0 Å². The fraction of sp³-hybridized carbons (Fsp3) is 0.259. The number of fused-ring (bicyclic) bond motifs is 1. The van der Waals surface area contributed by atoms with Gasteiger partial charge >= 0.3 is 5.97 Å². The van der Waals surface area contributed by atoms with Crippen molar-refractivity contribution >= 4 is 28.8 Å². The number of rotatable bonds is 10. The average Bonchev–Trinajstić information content (AvgIpc) is 3.31. The summed E-state index contributed by atoms with van der Waals surface area (Å²) in [6.07, 6.45) is 5.00. The Kier molecular flexibility index (Phi) is 8.29. The molecule has 37 heavy (non-hydrogen) atoms. The number of hydrogen-bond donors (Lipinski definition) is 1. The molecule has 9 nitrogen and oxygen atoms in total. The van der Waals surface area contributed by atoms with Crippen molar-refractivity contribution in [1.82, 2.24) is 15.2 Å². The zero-order valence-electron chi connectivity index (χ0n) is 20.9. The van der Waals surface area contributed by atoms with E-state index >= 15 is 0 Å². The summed E-state index contributed by atoms with van der Waals surface area (Å²) in [4.78, 5) is 36.8. The van der Waals surface area contributed by atoms with E-state index in [-0.39, 0.29) is 18.9 Å². The molecule has 1 N–H and O–H groups in total. The molecule has 2 aliphatic heterocycles. The molecule has 2 aromatic rings. The highest BCUT2D eigenvalue weighted by atomic mass is 32.2. The first-order valence-corrected chi connectivity index (χ1v) is 12.4. The van der Waals surface area contributed by atoms with E-state index in [1.807, 2.05) is 34.6 Å². The topological polar surface area (TPSA) is 102 Å². The number of amidine groups is 1. The van der Waals surface area contributed by atoms with Crippen LogP contribution in [0.5, 0.6) is 11.5 Å². The zero-order chi connectivity index (χ0) is 26.4. The number of pyridine rings is 1. The third-order valence-corrected chi connectivity index (χ3v) is 6.69. The van der Waals surface area contributed by atoms with Gasteiger partial charge in [-0.25, -0.2) is 9.79 Å². The molecular formula is C27H28N4O5S. The smallest absolute Gasteiger partial charge is 0.338 e. The van der Waals surface area contributed by atoms with Crippen LogP contribution in [-0.4, -0.2) is 47.8 Å². The Hall–Kier alpha value is -4.05. The lowest BCUT2D eigenvalue weighted by molar-refractivity contribution is -0.138. The number of carbonyl (C=O) groups excluding carboxylic acids is 2. The summed E-state index contributed by atoms with van der Waals surface area (Å²) in [6, 6.07) is 8.55. The maximum Gasteiger partial charge on any atom is 0.338 e. The Morgan fingerprint density at radius 2 is 1.97 bits per heavy atom. The molecule has 0 spiro atoms. The van der Waals surface area contributed by atoms with E-state index in [0.29, 0.717) is 40.2 Å². The van der Waals surface area contributed by atoms with E-state index in [2.05, 4.69) is 21.9 Å². The van der Waals surface area contributed by atoms with Crippen LogP contribution >= 0.6 is 11.8 Å². The largest absolute Gasteiger partial charge is 0.497 e. The Bertz CT molecular complexity index is 1270. The summed E-state index contributed by atoms with van der Waals surface area (Å²) >= 11 is 1.40. The summed E-state index contributed by atoms with van der Waals surface area (Å²) < 4.78 is 16.4. The van der Waals surface area contributed by atoms with Gasteiger partial charge in [0.1, 0.15) is 18.1 Å². The van der Waals surface area contributed by atoms with Crippen molar-refractivity contribution < 1.29 is 23.8 Å². The lowest BCUT2D eigenvalue weighted by Crippen LogP contribution is -2.38. The van der Waals surface area contributed by atoms with E-state index < -0.39 is 12.0 Å². The van der Waals surface area contributed by atoms with Crippen LogP contribution < -0.4 is 14.8 Å². The number of ether oxygens (including phenoxy) is 3. The van der Waals surface area contributed by atoms with Gasteiger partial charge in [0.2, 0.25) is 5.91 Å². The van der Waals surface area contributed by atoms with Gasteiger partial charge < -0.3 is 24.4 Å². The third kappa shape index (κ3) is 5.86. The van der Waals surface area contributed by atoms with E-state index in [0.717, 1.165) is 11.1 Å². The molecule has 0 aliphatic carbocycles. The van der Waals surface area contributed by atoms with Crippen LogP contribution in [0.15, 0.2) is 82.7 Å². The number of esters is 1. The maximum absolute atomic E-state index is 13.2. The fourth-order valence-corrected chi connectivity index (χ4v) is 5.04. The number of allylic oxidation sites excluding steroid dienone is 1. The predicted molar refractivity (Wildman–Crippen MR) is 142 cm³/mol. The number of aliphatic imine (C=N–C) groups is 1. The quantitative estimate of drug-likeness (QED) is 0.369. The minimum absolute atomic E-state index is 0.0640. The van der Waals surface area contributed by atoms with Crippen molar-refractivity contribution in [2.75, 3.05) is 20.8 Å². The minimum atomic E-state index is -0.610. The molecule has 1 atom stereocenters. The molecule has 1 aromatic carbocycles. The molecule has 0 radical (unpaired) electrons.